The molecule has 1 aliphatic rings. The number of aromatic nitrogens is 1. The third-order valence-corrected chi connectivity index (χ3v) is 12.8. The second-order valence-electron chi connectivity index (χ2n) is 15.0. The number of rotatable bonds is 4. The average Bonchev–Trinajstić information content (AvgIpc) is 3.77. The van der Waals surface area contributed by atoms with Crippen LogP contribution in [0.5, 0.6) is 0 Å². The molecule has 0 spiro atoms. The number of para-hydroxylation sites is 3. The van der Waals surface area contributed by atoms with Crippen molar-refractivity contribution in [3.05, 3.63) is 193 Å². The Kier molecular flexibility index (Phi) is 6.80. The Morgan fingerprint density at radius 2 is 1.00 bits per heavy atom. The van der Waals surface area contributed by atoms with E-state index in [0.29, 0.717) is 0 Å². The lowest BCUT2D eigenvalue weighted by Crippen LogP contribution is -2.30. The maximum atomic E-state index is 2.45. The smallest absolute Gasteiger partial charge is 0.0541 e. The Morgan fingerprint density at radius 3 is 1.76 bits per heavy atom. The molecule has 0 radical (unpaired) electrons. The SMILES string of the molecule is CC1(C)c2ccccc2N(c2ccc(-c3cccc4c3sc3ccccc34)cc2)c2ccc(-c3ccc(-n4c5ccccc5c5ccccc54)cc3)cc21. The number of benzene rings is 8. The minimum atomic E-state index is -0.182. The fraction of sp³-hybridized carbons (Fsp3) is 0.0588. The fourth-order valence-corrected chi connectivity index (χ4v) is 10.2. The maximum Gasteiger partial charge on any atom is 0.0541 e. The predicted molar refractivity (Wildman–Crippen MR) is 231 cm³/mol. The highest BCUT2D eigenvalue weighted by atomic mass is 32.1. The molecule has 0 saturated heterocycles. The van der Waals surface area contributed by atoms with Gasteiger partial charge in [0, 0.05) is 47.7 Å². The first-order valence-corrected chi connectivity index (χ1v) is 19.5. The van der Waals surface area contributed by atoms with E-state index in [4.69, 9.17) is 0 Å². The molecule has 0 unspecified atom stereocenters. The van der Waals surface area contributed by atoms with Crippen LogP contribution in [0, 0.1) is 0 Å². The van der Waals surface area contributed by atoms with Gasteiger partial charge in [-0.2, -0.15) is 0 Å². The summed E-state index contributed by atoms with van der Waals surface area (Å²) in [6, 6.07) is 67.1. The number of hydrogen-bond acceptors (Lipinski definition) is 2. The van der Waals surface area contributed by atoms with Gasteiger partial charge in [0.2, 0.25) is 0 Å². The van der Waals surface area contributed by atoms with E-state index in [1.165, 1.54) is 92.4 Å². The van der Waals surface area contributed by atoms with Gasteiger partial charge in [-0.15, -0.1) is 11.3 Å². The third-order valence-electron chi connectivity index (χ3n) is 11.6. The molecule has 0 bridgehead atoms. The molecule has 0 aliphatic carbocycles. The van der Waals surface area contributed by atoms with E-state index in [2.05, 4.69) is 205 Å². The molecule has 0 N–H and O–H groups in total. The molecule has 54 heavy (non-hydrogen) atoms. The van der Waals surface area contributed by atoms with Gasteiger partial charge in [0.1, 0.15) is 0 Å². The van der Waals surface area contributed by atoms with Gasteiger partial charge in [0.25, 0.3) is 0 Å². The molecule has 1 aliphatic heterocycles. The van der Waals surface area contributed by atoms with E-state index in [0.717, 1.165) is 5.69 Å². The summed E-state index contributed by atoms with van der Waals surface area (Å²) in [5.74, 6) is 0. The van der Waals surface area contributed by atoms with Crippen LogP contribution in [0.1, 0.15) is 25.0 Å². The van der Waals surface area contributed by atoms with Crippen LogP contribution < -0.4 is 4.90 Å². The topological polar surface area (TPSA) is 8.17 Å². The van der Waals surface area contributed by atoms with Crippen LogP contribution in [-0.4, -0.2) is 4.57 Å². The highest BCUT2D eigenvalue weighted by Crippen LogP contribution is 2.53. The standard InChI is InChI=1S/C51H36N2S/c1-51(2)43-17-6-9-20-47(43)53(37-29-24-34(25-30-37)38-15-11-16-42-41-14-5-10-21-49(41)54-50(38)42)48-31-26-35(32-44(48)51)33-22-27-36(28-23-33)52-45-18-7-3-12-39(45)40-13-4-8-19-46(40)52/h3-32H,1-2H3. The van der Waals surface area contributed by atoms with Gasteiger partial charge in [-0.05, 0) is 94.0 Å². The van der Waals surface area contributed by atoms with Crippen LogP contribution >= 0.6 is 11.3 Å². The van der Waals surface area contributed by atoms with Crippen molar-refractivity contribution < 1.29 is 0 Å². The number of hydrogen-bond donors (Lipinski definition) is 0. The molecule has 3 heteroatoms. The molecule has 10 aromatic rings. The minimum absolute atomic E-state index is 0.182. The van der Waals surface area contributed by atoms with E-state index < -0.39 is 0 Å². The lowest BCUT2D eigenvalue weighted by atomic mass is 9.73. The van der Waals surface area contributed by atoms with Crippen molar-refractivity contribution in [1.29, 1.82) is 0 Å². The van der Waals surface area contributed by atoms with Gasteiger partial charge in [-0.1, -0.05) is 135 Å². The fourth-order valence-electron chi connectivity index (χ4n) is 8.93. The van der Waals surface area contributed by atoms with Crippen molar-refractivity contribution in [2.75, 3.05) is 4.90 Å². The quantitative estimate of drug-likeness (QED) is 0.177. The van der Waals surface area contributed by atoms with Crippen molar-refractivity contribution in [2.24, 2.45) is 0 Å². The normalized spacial score (nSPS) is 13.5. The van der Waals surface area contributed by atoms with Crippen LogP contribution in [0.25, 0.3) is 69.9 Å². The van der Waals surface area contributed by atoms with Crippen LogP contribution in [0.4, 0.5) is 17.1 Å². The Bertz CT molecular complexity index is 3020. The van der Waals surface area contributed by atoms with Gasteiger partial charge >= 0.3 is 0 Å². The van der Waals surface area contributed by atoms with Gasteiger partial charge < -0.3 is 9.47 Å². The molecule has 8 aromatic carbocycles. The number of fused-ring (bicyclic) bond motifs is 8. The lowest BCUT2D eigenvalue weighted by molar-refractivity contribution is 0.632. The Balaban J connectivity index is 0.990. The molecular formula is C51H36N2S. The summed E-state index contributed by atoms with van der Waals surface area (Å²) in [5, 5.41) is 5.22. The van der Waals surface area contributed by atoms with Crippen molar-refractivity contribution in [1.82, 2.24) is 4.57 Å². The largest absolute Gasteiger partial charge is 0.310 e. The van der Waals surface area contributed by atoms with Gasteiger partial charge in [-0.25, -0.2) is 0 Å². The zero-order valence-corrected chi connectivity index (χ0v) is 30.9. The van der Waals surface area contributed by atoms with Crippen molar-refractivity contribution in [3.8, 4) is 27.9 Å². The minimum Gasteiger partial charge on any atom is -0.310 e. The van der Waals surface area contributed by atoms with Gasteiger partial charge in [-0.3, -0.25) is 0 Å². The summed E-state index contributed by atoms with van der Waals surface area (Å²) in [4.78, 5) is 2.45. The van der Waals surface area contributed by atoms with Crippen LogP contribution in [-0.2, 0) is 5.41 Å². The zero-order chi connectivity index (χ0) is 36.0. The third kappa shape index (κ3) is 4.58. The number of anilines is 3. The van der Waals surface area contributed by atoms with Gasteiger partial charge in [0.15, 0.2) is 0 Å². The predicted octanol–water partition coefficient (Wildman–Crippen LogP) is 14.6. The Labute approximate surface area is 318 Å². The first-order valence-electron chi connectivity index (χ1n) is 18.7. The van der Waals surface area contributed by atoms with Crippen molar-refractivity contribution in [3.63, 3.8) is 0 Å². The van der Waals surface area contributed by atoms with Crippen LogP contribution in [0.2, 0.25) is 0 Å². The summed E-state index contributed by atoms with van der Waals surface area (Å²) in [6.45, 7) is 4.73. The summed E-state index contributed by atoms with van der Waals surface area (Å²) in [7, 11) is 0. The summed E-state index contributed by atoms with van der Waals surface area (Å²) < 4.78 is 5.06. The first kappa shape index (κ1) is 31.1. The molecule has 0 atom stereocenters. The first-order chi connectivity index (χ1) is 26.5. The second kappa shape index (κ2) is 11.8. The molecule has 3 heterocycles. The monoisotopic (exact) mass is 708 g/mol. The van der Waals surface area contributed by atoms with E-state index in [1.54, 1.807) is 0 Å². The number of nitrogens with zero attached hydrogens (tertiary/aromatic N) is 2. The molecule has 0 amide bonds. The highest BCUT2D eigenvalue weighted by Gasteiger charge is 2.37. The van der Waals surface area contributed by atoms with Crippen molar-refractivity contribution in [2.45, 2.75) is 19.3 Å². The molecule has 2 nitrogen and oxygen atoms in total. The summed E-state index contributed by atoms with van der Waals surface area (Å²) in [5.41, 5.74) is 14.7. The molecular weight excluding hydrogens is 673 g/mol. The lowest BCUT2D eigenvalue weighted by Gasteiger charge is -2.42. The summed E-state index contributed by atoms with van der Waals surface area (Å²) >= 11 is 1.88. The van der Waals surface area contributed by atoms with E-state index in [-0.39, 0.29) is 5.41 Å². The molecule has 0 saturated carbocycles. The maximum absolute atomic E-state index is 2.45. The van der Waals surface area contributed by atoms with E-state index in [9.17, 15) is 0 Å². The Hall–Kier alpha value is -6.42. The van der Waals surface area contributed by atoms with Gasteiger partial charge in [0.05, 0.1) is 22.4 Å². The van der Waals surface area contributed by atoms with Crippen LogP contribution in [0.15, 0.2) is 182 Å². The second-order valence-corrected chi connectivity index (χ2v) is 16.0. The van der Waals surface area contributed by atoms with E-state index in [1.807, 2.05) is 11.3 Å². The number of thiophene rings is 1. The summed E-state index contributed by atoms with van der Waals surface area (Å²) in [6.07, 6.45) is 0. The molecule has 0 fully saturated rings. The highest BCUT2D eigenvalue weighted by molar-refractivity contribution is 7.26. The Morgan fingerprint density at radius 1 is 0.426 bits per heavy atom. The zero-order valence-electron chi connectivity index (χ0n) is 30.1. The van der Waals surface area contributed by atoms with Crippen molar-refractivity contribution >= 4 is 70.4 Å². The average molecular weight is 709 g/mol. The molecule has 11 rings (SSSR count). The van der Waals surface area contributed by atoms with Crippen LogP contribution in [0.3, 0.4) is 0 Å². The van der Waals surface area contributed by atoms with E-state index >= 15 is 0 Å². The molecule has 2 aromatic heterocycles. The molecule has 256 valence electrons.